The van der Waals surface area contributed by atoms with Gasteiger partial charge in [-0.05, 0) is 79.3 Å². The predicted octanol–water partition coefficient (Wildman–Crippen LogP) is 5.81. The molecule has 2 aromatic heterocycles. The van der Waals surface area contributed by atoms with Gasteiger partial charge in [0, 0.05) is 48.9 Å². The molecule has 0 saturated carbocycles. The lowest BCUT2D eigenvalue weighted by Gasteiger charge is -2.28. The molecule has 4 heterocycles. The van der Waals surface area contributed by atoms with E-state index in [0.29, 0.717) is 48.6 Å². The van der Waals surface area contributed by atoms with E-state index in [-0.39, 0.29) is 10.8 Å². The highest BCUT2D eigenvalue weighted by Crippen LogP contribution is 2.38. The number of thiophene rings is 1. The number of amides is 1. The van der Waals surface area contributed by atoms with Crippen LogP contribution in [-0.2, 0) is 42.5 Å². The molecular formula is C36H35N5O4S2. The molecule has 1 N–H and O–H groups in total. The Hall–Kier alpha value is -4.42. The quantitative estimate of drug-likeness (QED) is 0.236. The van der Waals surface area contributed by atoms with Crippen LogP contribution in [0.3, 0.4) is 0 Å². The molecule has 2 aliphatic rings. The van der Waals surface area contributed by atoms with Crippen LogP contribution in [0.15, 0.2) is 89.8 Å². The Morgan fingerprint density at radius 1 is 0.872 bits per heavy atom. The van der Waals surface area contributed by atoms with Crippen molar-refractivity contribution in [3.63, 3.8) is 0 Å². The van der Waals surface area contributed by atoms with Gasteiger partial charge in [0.15, 0.2) is 0 Å². The Bertz CT molecular complexity index is 2090. The third kappa shape index (κ3) is 6.19. The molecule has 5 aromatic rings. The molecule has 0 radical (unpaired) electrons. The highest BCUT2D eigenvalue weighted by atomic mass is 32.2. The molecule has 3 aromatic carbocycles. The summed E-state index contributed by atoms with van der Waals surface area (Å²) in [4.78, 5) is 31.1. The number of sulfonamides is 1. The van der Waals surface area contributed by atoms with E-state index in [4.69, 9.17) is 0 Å². The molecule has 240 valence electrons. The normalized spacial score (nSPS) is 15.2. The summed E-state index contributed by atoms with van der Waals surface area (Å²) in [7, 11) is -3.74. The van der Waals surface area contributed by atoms with Gasteiger partial charge >= 0.3 is 0 Å². The maximum absolute atomic E-state index is 14.0. The molecule has 0 aliphatic carbocycles. The van der Waals surface area contributed by atoms with Crippen molar-refractivity contribution in [1.29, 1.82) is 0 Å². The monoisotopic (exact) mass is 665 g/mol. The number of hydrogen-bond donors (Lipinski definition) is 1. The number of carbonyl (C=O) groups is 2. The number of carbonyl (C=O) groups excluding carboxylic acids is 2. The number of hydrogen-bond acceptors (Lipinski definition) is 7. The first kappa shape index (κ1) is 31.2. The molecule has 0 unspecified atom stereocenters. The number of anilines is 1. The lowest BCUT2D eigenvalue weighted by atomic mass is 10.0. The van der Waals surface area contributed by atoms with E-state index in [1.807, 2.05) is 62.4 Å². The van der Waals surface area contributed by atoms with Gasteiger partial charge in [-0.15, -0.1) is 11.3 Å². The van der Waals surface area contributed by atoms with Crippen molar-refractivity contribution in [3.05, 3.63) is 135 Å². The maximum atomic E-state index is 14.0. The first-order valence-electron chi connectivity index (χ1n) is 15.6. The van der Waals surface area contributed by atoms with Crippen LogP contribution >= 0.6 is 11.3 Å². The summed E-state index contributed by atoms with van der Waals surface area (Å²) < 4.78 is 29.9. The second kappa shape index (κ2) is 12.6. The smallest absolute Gasteiger partial charge is 0.281 e. The zero-order valence-electron chi connectivity index (χ0n) is 26.3. The Kier molecular flexibility index (Phi) is 8.39. The average Bonchev–Trinajstić information content (AvgIpc) is 3.62. The molecule has 11 heteroatoms. The third-order valence-corrected chi connectivity index (χ3v) is 11.9. The molecule has 0 bridgehead atoms. The number of aryl methyl sites for hydroxylation is 2. The topological polar surface area (TPSA) is 105 Å². The van der Waals surface area contributed by atoms with Gasteiger partial charge in [0.2, 0.25) is 10.0 Å². The average molecular weight is 666 g/mol. The van der Waals surface area contributed by atoms with Crippen molar-refractivity contribution in [2.75, 3.05) is 18.4 Å². The van der Waals surface area contributed by atoms with Gasteiger partial charge in [-0.2, -0.15) is 9.40 Å². The molecule has 0 saturated heterocycles. The summed E-state index contributed by atoms with van der Waals surface area (Å²) in [5, 5.41) is 7.91. The van der Waals surface area contributed by atoms with Crippen molar-refractivity contribution >= 4 is 38.2 Å². The van der Waals surface area contributed by atoms with Crippen LogP contribution in [0, 0.1) is 13.8 Å². The highest BCUT2D eigenvalue weighted by Gasteiger charge is 2.31. The van der Waals surface area contributed by atoms with Crippen molar-refractivity contribution in [2.45, 2.75) is 51.2 Å². The van der Waals surface area contributed by atoms with E-state index in [1.165, 1.54) is 55.7 Å². The lowest BCUT2D eigenvalue weighted by Crippen LogP contribution is -2.35. The molecule has 47 heavy (non-hydrogen) atoms. The maximum Gasteiger partial charge on any atom is 0.281 e. The van der Waals surface area contributed by atoms with Gasteiger partial charge in [-0.3, -0.25) is 14.5 Å². The van der Waals surface area contributed by atoms with E-state index in [9.17, 15) is 18.0 Å². The standard InChI is InChI=1S/C36H35N5O4S2/c1-24-20-25(2)41(38-24)36(43)33-31-17-18-39(21-26-8-4-3-5-9-26)23-32(31)46-35(33)37-34(42)28-12-14-30(15-13-28)47(44,45)40-19-16-27-10-6-7-11-29(27)22-40/h3-15,20H,16-19,21-23H2,1-2H3,(H,37,42). The van der Waals surface area contributed by atoms with Crippen LogP contribution < -0.4 is 5.32 Å². The first-order valence-corrected chi connectivity index (χ1v) is 17.9. The first-order chi connectivity index (χ1) is 22.7. The van der Waals surface area contributed by atoms with Crippen molar-refractivity contribution in [1.82, 2.24) is 19.0 Å². The van der Waals surface area contributed by atoms with E-state index in [2.05, 4.69) is 27.4 Å². The summed E-state index contributed by atoms with van der Waals surface area (Å²) in [5.74, 6) is -0.688. The number of aromatic nitrogens is 2. The molecular weight excluding hydrogens is 631 g/mol. The van der Waals surface area contributed by atoms with Crippen LogP contribution in [0.25, 0.3) is 0 Å². The fourth-order valence-corrected chi connectivity index (χ4v) is 9.16. The van der Waals surface area contributed by atoms with Crippen LogP contribution in [0.4, 0.5) is 5.00 Å². The van der Waals surface area contributed by atoms with Gasteiger partial charge in [0.05, 0.1) is 16.2 Å². The number of benzene rings is 3. The summed E-state index contributed by atoms with van der Waals surface area (Å²) in [6, 6.07) is 26.0. The van der Waals surface area contributed by atoms with Crippen molar-refractivity contribution < 1.29 is 18.0 Å². The summed E-state index contributed by atoms with van der Waals surface area (Å²) in [5.41, 5.74) is 6.56. The molecule has 7 rings (SSSR count). The second-order valence-electron chi connectivity index (χ2n) is 12.1. The number of nitrogens with one attached hydrogen (secondary N) is 1. The van der Waals surface area contributed by atoms with Gasteiger partial charge < -0.3 is 5.32 Å². The zero-order chi connectivity index (χ0) is 32.7. The lowest BCUT2D eigenvalue weighted by molar-refractivity contribution is 0.0942. The number of fused-ring (bicyclic) bond motifs is 2. The zero-order valence-corrected chi connectivity index (χ0v) is 27.9. The minimum absolute atomic E-state index is 0.138. The van der Waals surface area contributed by atoms with Gasteiger partial charge in [0.1, 0.15) is 5.00 Å². The molecule has 9 nitrogen and oxygen atoms in total. The molecule has 0 fully saturated rings. The van der Waals surface area contributed by atoms with Crippen LogP contribution in [0.5, 0.6) is 0 Å². The van der Waals surface area contributed by atoms with E-state index in [1.54, 1.807) is 0 Å². The van der Waals surface area contributed by atoms with E-state index in [0.717, 1.165) is 40.5 Å². The Morgan fingerprint density at radius 3 is 2.32 bits per heavy atom. The Labute approximate surface area is 278 Å². The fourth-order valence-electron chi connectivity index (χ4n) is 6.47. The summed E-state index contributed by atoms with van der Waals surface area (Å²) >= 11 is 1.42. The fraction of sp³-hybridized carbons (Fsp3) is 0.250. The summed E-state index contributed by atoms with van der Waals surface area (Å²) in [6.07, 6.45) is 1.33. The number of nitrogens with zero attached hydrogens (tertiary/aromatic N) is 4. The molecule has 2 aliphatic heterocycles. The van der Waals surface area contributed by atoms with E-state index >= 15 is 0 Å². The predicted molar refractivity (Wildman–Crippen MR) is 182 cm³/mol. The molecule has 0 atom stereocenters. The Balaban J connectivity index is 1.14. The number of rotatable bonds is 7. The van der Waals surface area contributed by atoms with Crippen LogP contribution in [-0.4, -0.2) is 52.3 Å². The van der Waals surface area contributed by atoms with Gasteiger partial charge in [-0.25, -0.2) is 13.1 Å². The molecule has 1 amide bonds. The van der Waals surface area contributed by atoms with Crippen molar-refractivity contribution in [2.24, 2.45) is 0 Å². The van der Waals surface area contributed by atoms with Gasteiger partial charge in [0.25, 0.3) is 11.8 Å². The summed E-state index contributed by atoms with van der Waals surface area (Å²) in [6.45, 7) is 6.64. The largest absolute Gasteiger partial charge is 0.313 e. The van der Waals surface area contributed by atoms with Crippen LogP contribution in [0.2, 0.25) is 0 Å². The SMILES string of the molecule is Cc1cc(C)n(C(=O)c2c(NC(=O)c3ccc(S(=O)(=O)N4CCc5ccccc5C4)cc3)sc3c2CCN(Cc2ccccc2)C3)n1. The minimum Gasteiger partial charge on any atom is -0.313 e. The van der Waals surface area contributed by atoms with Crippen LogP contribution in [0.1, 0.15) is 59.2 Å². The Morgan fingerprint density at radius 2 is 1.60 bits per heavy atom. The van der Waals surface area contributed by atoms with E-state index < -0.39 is 15.9 Å². The highest BCUT2D eigenvalue weighted by molar-refractivity contribution is 7.89. The third-order valence-electron chi connectivity index (χ3n) is 8.88. The second-order valence-corrected chi connectivity index (χ2v) is 15.2. The minimum atomic E-state index is -3.74. The molecule has 0 spiro atoms. The van der Waals surface area contributed by atoms with Crippen molar-refractivity contribution in [3.8, 4) is 0 Å². The van der Waals surface area contributed by atoms with Gasteiger partial charge in [-0.1, -0.05) is 54.6 Å².